The first-order chi connectivity index (χ1) is 11.3. The quantitative estimate of drug-likeness (QED) is 0.823. The lowest BCUT2D eigenvalue weighted by Gasteiger charge is -2.28. The van der Waals surface area contributed by atoms with Crippen LogP contribution in [0.3, 0.4) is 0 Å². The van der Waals surface area contributed by atoms with Gasteiger partial charge in [-0.1, -0.05) is 12.1 Å². The zero-order chi connectivity index (χ0) is 17.7. The van der Waals surface area contributed by atoms with Crippen molar-refractivity contribution in [3.8, 4) is 5.75 Å². The van der Waals surface area contributed by atoms with Crippen molar-refractivity contribution in [3.63, 3.8) is 0 Å². The predicted octanol–water partition coefficient (Wildman–Crippen LogP) is 3.40. The Balaban J connectivity index is 0.00000312. The summed E-state index contributed by atoms with van der Waals surface area (Å²) in [5.74, 6) is -0.351. The molecule has 8 heteroatoms. The molecule has 142 valence electrons. The number of piperidine rings is 1. The number of nitrogens with one attached hydrogen (secondary N) is 2. The lowest BCUT2D eigenvalue weighted by Crippen LogP contribution is -2.45. The van der Waals surface area contributed by atoms with E-state index in [9.17, 15) is 18.0 Å². The van der Waals surface area contributed by atoms with Gasteiger partial charge in [0.25, 0.3) is 0 Å². The Morgan fingerprint density at radius 1 is 1.40 bits per heavy atom. The maximum absolute atomic E-state index is 12.9. The van der Waals surface area contributed by atoms with E-state index in [1.807, 2.05) is 6.92 Å². The number of hydrogen-bond acceptors (Lipinski definition) is 3. The average molecular weight is 381 g/mol. The number of para-hydroxylation sites is 1. The molecule has 0 bridgehead atoms. The maximum atomic E-state index is 12.9. The van der Waals surface area contributed by atoms with Gasteiger partial charge >= 0.3 is 6.18 Å². The van der Waals surface area contributed by atoms with E-state index in [2.05, 4.69) is 10.6 Å². The number of alkyl halides is 3. The summed E-state index contributed by atoms with van der Waals surface area (Å²) in [5, 5.41) is 6.10. The highest BCUT2D eigenvalue weighted by molar-refractivity contribution is 5.85. The topological polar surface area (TPSA) is 50.4 Å². The summed E-state index contributed by atoms with van der Waals surface area (Å²) in [5.41, 5.74) is -0.810. The molecule has 1 heterocycles. The van der Waals surface area contributed by atoms with Crippen LogP contribution < -0.4 is 15.4 Å². The zero-order valence-corrected chi connectivity index (χ0v) is 15.0. The van der Waals surface area contributed by atoms with Crippen molar-refractivity contribution in [2.45, 2.75) is 44.9 Å². The highest BCUT2D eigenvalue weighted by Crippen LogP contribution is 2.35. The second-order valence-corrected chi connectivity index (χ2v) is 6.29. The van der Waals surface area contributed by atoms with Gasteiger partial charge in [-0.05, 0) is 45.4 Å². The largest absolute Gasteiger partial charge is 0.491 e. The Bertz CT molecular complexity index is 569. The lowest BCUT2D eigenvalue weighted by molar-refractivity contribution is -0.139. The molecule has 1 aromatic rings. The summed E-state index contributed by atoms with van der Waals surface area (Å²) >= 11 is 0. The summed E-state index contributed by atoms with van der Waals surface area (Å²) in [6.45, 7) is 4.53. The standard InChI is InChI=1S/C17H23F3N2O2.ClH/c1-11-9-13(7-8-21-11)16(23)22-12(2)10-24-15-6-4-3-5-14(15)17(18,19)20;/h3-6,11-13,21H,7-10H2,1-2H3,(H,22,23);1H/t11-,12?,13-;/m0./s1. The summed E-state index contributed by atoms with van der Waals surface area (Å²) in [7, 11) is 0. The number of ether oxygens (including phenoxy) is 1. The highest BCUT2D eigenvalue weighted by Gasteiger charge is 2.34. The van der Waals surface area contributed by atoms with Crippen LogP contribution >= 0.6 is 12.4 Å². The monoisotopic (exact) mass is 380 g/mol. The van der Waals surface area contributed by atoms with E-state index in [4.69, 9.17) is 4.74 Å². The predicted molar refractivity (Wildman–Crippen MR) is 92.0 cm³/mol. The molecule has 3 atom stereocenters. The van der Waals surface area contributed by atoms with E-state index in [0.29, 0.717) is 6.04 Å². The smallest absolute Gasteiger partial charge is 0.419 e. The normalized spacial score (nSPS) is 21.8. The molecular weight excluding hydrogens is 357 g/mol. The number of benzene rings is 1. The zero-order valence-electron chi connectivity index (χ0n) is 14.2. The number of carbonyl (C=O) groups excluding carboxylic acids is 1. The molecule has 0 spiro atoms. The first-order valence-electron chi connectivity index (χ1n) is 8.10. The fourth-order valence-electron chi connectivity index (χ4n) is 2.81. The number of amides is 1. The minimum absolute atomic E-state index is 0. The Labute approximate surface area is 151 Å². The molecule has 2 N–H and O–H groups in total. The van der Waals surface area contributed by atoms with Gasteiger partial charge in [-0.25, -0.2) is 0 Å². The van der Waals surface area contributed by atoms with E-state index in [0.717, 1.165) is 25.5 Å². The van der Waals surface area contributed by atoms with Gasteiger partial charge < -0.3 is 15.4 Å². The first kappa shape index (κ1) is 21.6. The minimum atomic E-state index is -4.46. The summed E-state index contributed by atoms with van der Waals surface area (Å²) < 4.78 is 44.0. The molecule has 1 amide bonds. The van der Waals surface area contributed by atoms with Gasteiger partial charge in [-0.2, -0.15) is 13.2 Å². The molecule has 1 saturated heterocycles. The van der Waals surface area contributed by atoms with Crippen LogP contribution in [-0.4, -0.2) is 31.1 Å². The van der Waals surface area contributed by atoms with Crippen LogP contribution in [0.25, 0.3) is 0 Å². The number of hydrogen-bond donors (Lipinski definition) is 2. The molecule has 1 fully saturated rings. The van der Waals surface area contributed by atoms with Crippen LogP contribution in [0.15, 0.2) is 24.3 Å². The molecule has 25 heavy (non-hydrogen) atoms. The van der Waals surface area contributed by atoms with Crippen LogP contribution in [0, 0.1) is 5.92 Å². The van der Waals surface area contributed by atoms with Crippen molar-refractivity contribution in [2.24, 2.45) is 5.92 Å². The third-order valence-electron chi connectivity index (χ3n) is 4.06. The fourth-order valence-corrected chi connectivity index (χ4v) is 2.81. The van der Waals surface area contributed by atoms with Crippen molar-refractivity contribution >= 4 is 18.3 Å². The Morgan fingerprint density at radius 3 is 2.72 bits per heavy atom. The maximum Gasteiger partial charge on any atom is 0.419 e. The summed E-state index contributed by atoms with van der Waals surface area (Å²) in [6, 6.07) is 4.99. The number of carbonyl (C=O) groups is 1. The van der Waals surface area contributed by atoms with Crippen LogP contribution in [0.1, 0.15) is 32.3 Å². The average Bonchev–Trinajstić information content (AvgIpc) is 2.52. The second-order valence-electron chi connectivity index (χ2n) is 6.29. The van der Waals surface area contributed by atoms with E-state index < -0.39 is 11.7 Å². The molecule has 1 unspecified atom stereocenters. The molecule has 4 nitrogen and oxygen atoms in total. The SMILES string of the molecule is CC(COc1ccccc1C(F)(F)F)NC(=O)[C@H]1CCN[C@@H](C)C1.Cl. The third kappa shape index (κ3) is 6.40. The van der Waals surface area contributed by atoms with Crippen LogP contribution in [0.2, 0.25) is 0 Å². The van der Waals surface area contributed by atoms with Crippen molar-refractivity contribution in [1.82, 2.24) is 10.6 Å². The van der Waals surface area contributed by atoms with E-state index in [-0.39, 0.29) is 42.6 Å². The molecule has 0 aromatic heterocycles. The summed E-state index contributed by atoms with van der Waals surface area (Å²) in [4.78, 5) is 12.2. The van der Waals surface area contributed by atoms with Crippen LogP contribution in [0.4, 0.5) is 13.2 Å². The molecule has 2 rings (SSSR count). The number of halogens is 4. The Hall–Kier alpha value is -1.47. The van der Waals surface area contributed by atoms with E-state index in [1.165, 1.54) is 18.2 Å². The van der Waals surface area contributed by atoms with E-state index >= 15 is 0 Å². The molecule has 1 aromatic carbocycles. The van der Waals surface area contributed by atoms with Crippen molar-refractivity contribution in [2.75, 3.05) is 13.2 Å². The third-order valence-corrected chi connectivity index (χ3v) is 4.06. The van der Waals surface area contributed by atoms with Crippen molar-refractivity contribution < 1.29 is 22.7 Å². The molecule has 0 aliphatic carbocycles. The second kappa shape index (κ2) is 9.29. The van der Waals surface area contributed by atoms with Gasteiger partial charge in [0, 0.05) is 12.0 Å². The van der Waals surface area contributed by atoms with Gasteiger partial charge in [0.1, 0.15) is 12.4 Å². The molecule has 0 saturated carbocycles. The summed E-state index contributed by atoms with van der Waals surface area (Å²) in [6.07, 6.45) is -2.94. The van der Waals surface area contributed by atoms with Crippen molar-refractivity contribution in [3.05, 3.63) is 29.8 Å². The van der Waals surface area contributed by atoms with Gasteiger partial charge in [-0.15, -0.1) is 12.4 Å². The Morgan fingerprint density at radius 2 is 2.08 bits per heavy atom. The van der Waals surface area contributed by atoms with Crippen molar-refractivity contribution in [1.29, 1.82) is 0 Å². The van der Waals surface area contributed by atoms with Crippen LogP contribution in [0.5, 0.6) is 5.75 Å². The number of rotatable bonds is 5. The Kier molecular flexibility index (Phi) is 8.02. The molecular formula is C17H24ClF3N2O2. The van der Waals surface area contributed by atoms with Crippen LogP contribution in [-0.2, 0) is 11.0 Å². The molecule has 1 aliphatic rings. The first-order valence-corrected chi connectivity index (χ1v) is 8.10. The molecule has 1 aliphatic heterocycles. The van der Waals surface area contributed by atoms with Gasteiger partial charge in [0.15, 0.2) is 0 Å². The highest BCUT2D eigenvalue weighted by atomic mass is 35.5. The van der Waals surface area contributed by atoms with E-state index in [1.54, 1.807) is 6.92 Å². The van der Waals surface area contributed by atoms with Gasteiger partial charge in [-0.3, -0.25) is 4.79 Å². The fraction of sp³-hybridized carbons (Fsp3) is 0.588. The lowest BCUT2D eigenvalue weighted by atomic mass is 9.92. The molecule has 0 radical (unpaired) electrons. The minimum Gasteiger partial charge on any atom is -0.491 e. The van der Waals surface area contributed by atoms with Gasteiger partial charge in [0.05, 0.1) is 11.6 Å². The van der Waals surface area contributed by atoms with Gasteiger partial charge in [0.2, 0.25) is 5.91 Å².